The molecule has 26 heavy (non-hydrogen) atoms. The maximum absolute atomic E-state index is 12.3. The zero-order valence-corrected chi connectivity index (χ0v) is 15.8. The number of halogens is 1. The van der Waals surface area contributed by atoms with Gasteiger partial charge < -0.3 is 14.8 Å². The minimum absolute atomic E-state index is 0.199. The molecule has 3 rings (SSSR count). The van der Waals surface area contributed by atoms with Crippen LogP contribution in [-0.2, 0) is 6.54 Å². The van der Waals surface area contributed by atoms with Crippen LogP contribution in [0.2, 0.25) is 5.15 Å². The molecule has 0 spiro atoms. The van der Waals surface area contributed by atoms with E-state index in [1.807, 2.05) is 18.2 Å². The Labute approximate surface area is 158 Å². The topological polar surface area (TPSA) is 50.2 Å². The number of rotatable bonds is 7. The first kappa shape index (κ1) is 18.4. The Bertz CT molecular complexity index is 902. The second-order valence-corrected chi connectivity index (χ2v) is 6.52. The van der Waals surface area contributed by atoms with Crippen LogP contribution in [0, 0.1) is 0 Å². The molecule has 1 aromatic carbocycles. The molecular weight excluding hydrogens is 348 g/mol. The van der Waals surface area contributed by atoms with Crippen molar-refractivity contribution in [2.75, 3.05) is 25.0 Å². The highest BCUT2D eigenvalue weighted by Crippen LogP contribution is 2.21. The van der Waals surface area contributed by atoms with Crippen molar-refractivity contribution in [1.82, 2.24) is 14.5 Å². The minimum atomic E-state index is -0.199. The zero-order chi connectivity index (χ0) is 18.5. The number of hydrogen-bond donors (Lipinski definition) is 1. The molecule has 2 heterocycles. The third-order valence-corrected chi connectivity index (χ3v) is 4.78. The molecule has 0 saturated carbocycles. The summed E-state index contributed by atoms with van der Waals surface area (Å²) in [5, 5.41) is 4.32. The lowest BCUT2D eigenvalue weighted by Gasteiger charge is -2.18. The van der Waals surface area contributed by atoms with Crippen molar-refractivity contribution in [3.8, 4) is 0 Å². The molecule has 1 amide bonds. The number of fused-ring (bicyclic) bond motifs is 1. The summed E-state index contributed by atoms with van der Waals surface area (Å²) < 4.78 is 2.25. The largest absolute Gasteiger partial charge is 0.346 e. The molecule has 0 fully saturated rings. The Morgan fingerprint density at radius 1 is 1.19 bits per heavy atom. The summed E-state index contributed by atoms with van der Waals surface area (Å²) in [5.41, 5.74) is 2.42. The number of carbonyl (C=O) groups is 1. The van der Waals surface area contributed by atoms with E-state index in [0.29, 0.717) is 10.7 Å². The summed E-state index contributed by atoms with van der Waals surface area (Å²) >= 11 is 5.85. The van der Waals surface area contributed by atoms with Crippen LogP contribution < -0.4 is 5.32 Å². The molecule has 0 bridgehead atoms. The maximum atomic E-state index is 12.3. The number of aromatic nitrogens is 2. The summed E-state index contributed by atoms with van der Waals surface area (Å²) in [7, 11) is 0. The van der Waals surface area contributed by atoms with Gasteiger partial charge in [0.2, 0.25) is 0 Å². The van der Waals surface area contributed by atoms with Crippen LogP contribution in [0.15, 0.2) is 48.8 Å². The van der Waals surface area contributed by atoms with E-state index in [-0.39, 0.29) is 5.91 Å². The van der Waals surface area contributed by atoms with E-state index in [0.717, 1.165) is 37.3 Å². The van der Waals surface area contributed by atoms with E-state index in [9.17, 15) is 4.79 Å². The zero-order valence-electron chi connectivity index (χ0n) is 15.1. The molecule has 136 valence electrons. The monoisotopic (exact) mass is 370 g/mol. The SMILES string of the molecule is CCN(CC)CCn1ccc2cc(NC(=O)c3ccnc(Cl)c3)ccc21. The number of carbonyl (C=O) groups excluding carboxylic acids is 1. The number of anilines is 1. The number of nitrogens with one attached hydrogen (secondary N) is 1. The lowest BCUT2D eigenvalue weighted by atomic mass is 10.2. The first-order valence-corrected chi connectivity index (χ1v) is 9.22. The van der Waals surface area contributed by atoms with E-state index in [4.69, 9.17) is 11.6 Å². The van der Waals surface area contributed by atoms with Gasteiger partial charge in [0.05, 0.1) is 0 Å². The van der Waals surface area contributed by atoms with E-state index in [1.165, 1.54) is 11.7 Å². The summed E-state index contributed by atoms with van der Waals surface area (Å²) in [6, 6.07) is 11.2. The fraction of sp³-hybridized carbons (Fsp3) is 0.300. The smallest absolute Gasteiger partial charge is 0.255 e. The molecule has 5 nitrogen and oxygen atoms in total. The fourth-order valence-electron chi connectivity index (χ4n) is 3.01. The molecule has 0 aliphatic heterocycles. The Balaban J connectivity index is 1.73. The first-order chi connectivity index (χ1) is 12.6. The average Bonchev–Trinajstić information content (AvgIpc) is 3.05. The summed E-state index contributed by atoms with van der Waals surface area (Å²) in [6.07, 6.45) is 3.62. The van der Waals surface area contributed by atoms with Crippen LogP contribution in [0.5, 0.6) is 0 Å². The van der Waals surface area contributed by atoms with E-state index in [1.54, 1.807) is 12.1 Å². The van der Waals surface area contributed by atoms with Gasteiger partial charge >= 0.3 is 0 Å². The molecule has 2 aromatic heterocycles. The van der Waals surface area contributed by atoms with Crippen molar-refractivity contribution < 1.29 is 4.79 Å². The fourth-order valence-corrected chi connectivity index (χ4v) is 3.18. The molecular formula is C20H23ClN4O. The standard InChI is InChI=1S/C20H23ClN4O/c1-3-24(4-2)11-12-25-10-8-15-13-17(5-6-18(15)25)23-20(26)16-7-9-22-19(21)14-16/h5-10,13-14H,3-4,11-12H2,1-2H3,(H,23,26). The van der Waals surface area contributed by atoms with Gasteiger partial charge in [-0.25, -0.2) is 4.98 Å². The highest BCUT2D eigenvalue weighted by Gasteiger charge is 2.09. The van der Waals surface area contributed by atoms with Gasteiger partial charge in [0, 0.05) is 47.6 Å². The molecule has 0 radical (unpaired) electrons. The van der Waals surface area contributed by atoms with Crippen LogP contribution in [-0.4, -0.2) is 40.0 Å². The molecule has 0 aliphatic carbocycles. The van der Waals surface area contributed by atoms with Crippen molar-refractivity contribution in [2.24, 2.45) is 0 Å². The van der Waals surface area contributed by atoms with Gasteiger partial charge in [-0.3, -0.25) is 4.79 Å². The van der Waals surface area contributed by atoms with Gasteiger partial charge in [0.1, 0.15) is 5.15 Å². The predicted molar refractivity (Wildman–Crippen MR) is 107 cm³/mol. The molecule has 6 heteroatoms. The lowest BCUT2D eigenvalue weighted by Crippen LogP contribution is -2.26. The quantitative estimate of drug-likeness (QED) is 0.631. The number of pyridine rings is 1. The molecule has 0 saturated heterocycles. The van der Waals surface area contributed by atoms with Crippen molar-refractivity contribution in [1.29, 1.82) is 0 Å². The number of likely N-dealkylation sites (N-methyl/N-ethyl adjacent to an activating group) is 1. The van der Waals surface area contributed by atoms with Gasteiger partial charge in [-0.2, -0.15) is 0 Å². The van der Waals surface area contributed by atoms with Crippen molar-refractivity contribution >= 4 is 34.1 Å². The third-order valence-electron chi connectivity index (χ3n) is 4.57. The summed E-state index contributed by atoms with van der Waals surface area (Å²) in [6.45, 7) is 8.46. The highest BCUT2D eigenvalue weighted by atomic mass is 35.5. The highest BCUT2D eigenvalue weighted by molar-refractivity contribution is 6.29. The third kappa shape index (κ3) is 4.23. The van der Waals surface area contributed by atoms with Gasteiger partial charge in [-0.05, 0) is 49.5 Å². The Kier molecular flexibility index (Phi) is 5.91. The van der Waals surface area contributed by atoms with Gasteiger partial charge in [0.25, 0.3) is 5.91 Å². The predicted octanol–water partition coefficient (Wildman–Crippen LogP) is 4.28. The normalized spacial score (nSPS) is 11.2. The van der Waals surface area contributed by atoms with E-state index in [2.05, 4.69) is 45.9 Å². The molecule has 0 aliphatic rings. The van der Waals surface area contributed by atoms with Crippen molar-refractivity contribution in [3.05, 3.63) is 59.5 Å². The van der Waals surface area contributed by atoms with Crippen LogP contribution >= 0.6 is 11.6 Å². The number of benzene rings is 1. The van der Waals surface area contributed by atoms with Crippen LogP contribution in [0.3, 0.4) is 0 Å². The maximum Gasteiger partial charge on any atom is 0.255 e. The number of nitrogens with zero attached hydrogens (tertiary/aromatic N) is 3. The lowest BCUT2D eigenvalue weighted by molar-refractivity contribution is 0.102. The van der Waals surface area contributed by atoms with Gasteiger partial charge in [-0.15, -0.1) is 0 Å². The second kappa shape index (κ2) is 8.34. The Hall–Kier alpha value is -2.37. The average molecular weight is 371 g/mol. The molecule has 0 atom stereocenters. The van der Waals surface area contributed by atoms with Crippen LogP contribution in [0.4, 0.5) is 5.69 Å². The first-order valence-electron chi connectivity index (χ1n) is 8.85. The summed E-state index contributed by atoms with van der Waals surface area (Å²) in [5.74, 6) is -0.199. The summed E-state index contributed by atoms with van der Waals surface area (Å²) in [4.78, 5) is 18.6. The van der Waals surface area contributed by atoms with Crippen molar-refractivity contribution in [3.63, 3.8) is 0 Å². The van der Waals surface area contributed by atoms with Crippen molar-refractivity contribution in [2.45, 2.75) is 20.4 Å². The Morgan fingerprint density at radius 3 is 2.73 bits per heavy atom. The molecule has 0 unspecified atom stereocenters. The number of amides is 1. The second-order valence-electron chi connectivity index (χ2n) is 6.13. The minimum Gasteiger partial charge on any atom is -0.346 e. The Morgan fingerprint density at radius 2 is 2.00 bits per heavy atom. The molecule has 3 aromatic rings. The van der Waals surface area contributed by atoms with Gasteiger partial charge in [0.15, 0.2) is 0 Å². The van der Waals surface area contributed by atoms with E-state index >= 15 is 0 Å². The molecule has 1 N–H and O–H groups in total. The number of hydrogen-bond acceptors (Lipinski definition) is 3. The van der Waals surface area contributed by atoms with Gasteiger partial charge in [-0.1, -0.05) is 25.4 Å². The van der Waals surface area contributed by atoms with Crippen LogP contribution in [0.25, 0.3) is 10.9 Å². The van der Waals surface area contributed by atoms with E-state index < -0.39 is 0 Å². The van der Waals surface area contributed by atoms with Crippen LogP contribution in [0.1, 0.15) is 24.2 Å².